The first-order valence-corrected chi connectivity index (χ1v) is 5.63. The molecule has 0 aliphatic heterocycles. The van der Waals surface area contributed by atoms with Gasteiger partial charge >= 0.3 is 11.9 Å². The third-order valence-corrected chi connectivity index (χ3v) is 2.19. The topological polar surface area (TPSA) is 69.7 Å². The Balaban J connectivity index is 3.15. The largest absolute Gasteiger partial charge is 0.462 e. The number of esters is 2. The van der Waals surface area contributed by atoms with E-state index in [1.165, 1.54) is 25.1 Å². The van der Waals surface area contributed by atoms with Crippen molar-refractivity contribution in [2.45, 2.75) is 13.8 Å². The molecule has 1 rings (SSSR count). The van der Waals surface area contributed by atoms with Gasteiger partial charge in [0.15, 0.2) is 0 Å². The lowest BCUT2D eigenvalue weighted by Crippen LogP contribution is -2.13. The summed E-state index contributed by atoms with van der Waals surface area (Å²) >= 11 is 0. The molecule has 1 aromatic carbocycles. The zero-order valence-electron chi connectivity index (χ0n) is 10.8. The number of ether oxygens (including phenoxy) is 2. The van der Waals surface area contributed by atoms with Gasteiger partial charge in [0.2, 0.25) is 0 Å². The average molecular weight is 262 g/mol. The molecule has 19 heavy (non-hydrogen) atoms. The van der Waals surface area contributed by atoms with Crippen LogP contribution in [0.3, 0.4) is 0 Å². The summed E-state index contributed by atoms with van der Waals surface area (Å²) in [4.78, 5) is 33.9. The molecule has 0 aromatic heterocycles. The molecule has 5 heteroatoms. The van der Waals surface area contributed by atoms with Crippen molar-refractivity contribution < 1.29 is 23.9 Å². The third-order valence-electron chi connectivity index (χ3n) is 2.19. The Bertz CT molecular complexity index is 531. The number of rotatable bonds is 5. The minimum Gasteiger partial charge on any atom is -0.462 e. The molecule has 0 radical (unpaired) electrons. The molecular weight excluding hydrogens is 248 g/mol. The van der Waals surface area contributed by atoms with Crippen LogP contribution in [0, 0.1) is 0 Å². The molecule has 1 aromatic rings. The van der Waals surface area contributed by atoms with Crippen molar-refractivity contribution in [1.29, 1.82) is 0 Å². The van der Waals surface area contributed by atoms with Crippen LogP contribution in [0.15, 0.2) is 30.4 Å². The average Bonchev–Trinajstić information content (AvgIpc) is 2.39. The van der Waals surface area contributed by atoms with E-state index in [2.05, 4.69) is 6.58 Å². The maximum Gasteiger partial charge on any atom is 0.341 e. The number of hydrogen-bond donors (Lipinski definition) is 0. The summed E-state index contributed by atoms with van der Waals surface area (Å²) in [6.45, 7) is 6.77. The summed E-state index contributed by atoms with van der Waals surface area (Å²) < 4.78 is 9.86. The molecule has 0 aliphatic carbocycles. The molecule has 0 N–H and O–H groups in total. The van der Waals surface area contributed by atoms with Crippen molar-refractivity contribution in [3.8, 4) is 5.75 Å². The molecule has 0 unspecified atom stereocenters. The number of aldehydes is 1. The summed E-state index contributed by atoms with van der Waals surface area (Å²) in [7, 11) is 0. The Morgan fingerprint density at radius 2 is 2.05 bits per heavy atom. The second-order valence-corrected chi connectivity index (χ2v) is 3.76. The van der Waals surface area contributed by atoms with E-state index in [0.717, 1.165) is 0 Å². The zero-order chi connectivity index (χ0) is 14.4. The standard InChI is InChI=1S/C14H14O5/c1-4-18-14(17)11-7-10(8-15)5-6-12(11)19-13(16)9(2)3/h5-8H,2,4H2,1,3H3. The van der Waals surface area contributed by atoms with Crippen LogP contribution in [0.4, 0.5) is 0 Å². The van der Waals surface area contributed by atoms with Gasteiger partial charge in [-0.3, -0.25) is 4.79 Å². The molecule has 0 heterocycles. The summed E-state index contributed by atoms with van der Waals surface area (Å²) in [5, 5.41) is 0. The lowest BCUT2D eigenvalue weighted by Gasteiger charge is -2.09. The predicted octanol–water partition coefficient (Wildman–Crippen LogP) is 2.16. The first-order valence-electron chi connectivity index (χ1n) is 5.63. The van der Waals surface area contributed by atoms with Crippen molar-refractivity contribution in [3.05, 3.63) is 41.5 Å². The van der Waals surface area contributed by atoms with Gasteiger partial charge in [0.25, 0.3) is 0 Å². The van der Waals surface area contributed by atoms with E-state index in [9.17, 15) is 14.4 Å². The van der Waals surface area contributed by atoms with Crippen LogP contribution in [-0.2, 0) is 9.53 Å². The van der Waals surface area contributed by atoms with E-state index in [-0.39, 0.29) is 29.1 Å². The van der Waals surface area contributed by atoms with Gasteiger partial charge in [-0.1, -0.05) is 6.58 Å². The normalized spacial score (nSPS) is 9.58. The van der Waals surface area contributed by atoms with Gasteiger partial charge in [0.05, 0.1) is 6.61 Å². The Labute approximate surface area is 110 Å². The van der Waals surface area contributed by atoms with Crippen molar-refractivity contribution in [3.63, 3.8) is 0 Å². The van der Waals surface area contributed by atoms with Gasteiger partial charge < -0.3 is 9.47 Å². The van der Waals surface area contributed by atoms with Gasteiger partial charge in [0.1, 0.15) is 17.6 Å². The molecular formula is C14H14O5. The maximum absolute atomic E-state index is 11.7. The molecule has 0 amide bonds. The van der Waals surface area contributed by atoms with Crippen LogP contribution >= 0.6 is 0 Å². The van der Waals surface area contributed by atoms with Crippen LogP contribution in [0.25, 0.3) is 0 Å². The SMILES string of the molecule is C=C(C)C(=O)Oc1ccc(C=O)cc1C(=O)OCC. The van der Waals surface area contributed by atoms with E-state index < -0.39 is 11.9 Å². The zero-order valence-corrected chi connectivity index (χ0v) is 10.8. The lowest BCUT2D eigenvalue weighted by molar-refractivity contribution is -0.130. The summed E-state index contributed by atoms with van der Waals surface area (Å²) in [5.41, 5.74) is 0.522. The fourth-order valence-corrected chi connectivity index (χ4v) is 1.27. The van der Waals surface area contributed by atoms with E-state index in [1.807, 2.05) is 0 Å². The molecule has 0 saturated carbocycles. The highest BCUT2D eigenvalue weighted by Gasteiger charge is 2.17. The van der Waals surface area contributed by atoms with Crippen LogP contribution in [0.5, 0.6) is 5.75 Å². The predicted molar refractivity (Wildman–Crippen MR) is 68.2 cm³/mol. The van der Waals surface area contributed by atoms with Crippen LogP contribution in [0.2, 0.25) is 0 Å². The third kappa shape index (κ3) is 3.77. The summed E-state index contributed by atoms with van der Waals surface area (Å²) in [6.07, 6.45) is 0.590. The molecule has 0 saturated heterocycles. The Hall–Kier alpha value is -2.43. The summed E-state index contributed by atoms with van der Waals surface area (Å²) in [5.74, 6) is -1.27. The van der Waals surface area contributed by atoms with E-state index in [4.69, 9.17) is 9.47 Å². The molecule has 0 aliphatic rings. The smallest absolute Gasteiger partial charge is 0.341 e. The molecule has 0 spiro atoms. The molecule has 100 valence electrons. The summed E-state index contributed by atoms with van der Waals surface area (Å²) in [6, 6.07) is 4.12. The highest BCUT2D eigenvalue weighted by atomic mass is 16.5. The Kier molecular flexibility index (Phi) is 5.00. The van der Waals surface area contributed by atoms with Crippen molar-refractivity contribution in [1.82, 2.24) is 0 Å². The number of hydrogen-bond acceptors (Lipinski definition) is 5. The first-order chi connectivity index (χ1) is 8.99. The minimum absolute atomic E-state index is 0.0288. The number of carbonyl (C=O) groups is 3. The highest BCUT2D eigenvalue weighted by Crippen LogP contribution is 2.21. The van der Waals surface area contributed by atoms with E-state index >= 15 is 0 Å². The molecule has 0 fully saturated rings. The van der Waals surface area contributed by atoms with Crippen molar-refractivity contribution in [2.75, 3.05) is 6.61 Å². The fourth-order valence-electron chi connectivity index (χ4n) is 1.27. The van der Waals surface area contributed by atoms with E-state index in [1.54, 1.807) is 6.92 Å². The lowest BCUT2D eigenvalue weighted by atomic mass is 10.1. The Morgan fingerprint density at radius 1 is 1.37 bits per heavy atom. The van der Waals surface area contributed by atoms with Gasteiger partial charge in [-0.2, -0.15) is 0 Å². The Morgan fingerprint density at radius 3 is 2.58 bits per heavy atom. The van der Waals surface area contributed by atoms with Crippen molar-refractivity contribution >= 4 is 18.2 Å². The molecule has 5 nitrogen and oxygen atoms in total. The van der Waals surface area contributed by atoms with E-state index in [0.29, 0.717) is 6.29 Å². The maximum atomic E-state index is 11.7. The van der Waals surface area contributed by atoms with Crippen molar-refractivity contribution in [2.24, 2.45) is 0 Å². The van der Waals surface area contributed by atoms with Gasteiger partial charge in [-0.25, -0.2) is 9.59 Å². The monoisotopic (exact) mass is 262 g/mol. The first kappa shape index (κ1) is 14.6. The molecule has 0 atom stereocenters. The van der Waals surface area contributed by atoms with Crippen LogP contribution < -0.4 is 4.74 Å². The fraction of sp³-hybridized carbons (Fsp3) is 0.214. The quantitative estimate of drug-likeness (QED) is 0.352. The van der Waals surface area contributed by atoms with Gasteiger partial charge in [-0.15, -0.1) is 0 Å². The minimum atomic E-state index is -0.657. The number of carbonyl (C=O) groups excluding carboxylic acids is 3. The van der Waals surface area contributed by atoms with Crippen LogP contribution in [0.1, 0.15) is 34.6 Å². The highest BCUT2D eigenvalue weighted by molar-refractivity contribution is 5.97. The van der Waals surface area contributed by atoms with Gasteiger partial charge in [0, 0.05) is 11.1 Å². The number of benzene rings is 1. The van der Waals surface area contributed by atoms with Crippen LogP contribution in [-0.4, -0.2) is 24.8 Å². The molecule has 0 bridgehead atoms. The van der Waals surface area contributed by atoms with Gasteiger partial charge in [-0.05, 0) is 32.0 Å². The second-order valence-electron chi connectivity index (χ2n) is 3.76. The second kappa shape index (κ2) is 6.49.